The topological polar surface area (TPSA) is 99.0 Å². The van der Waals surface area contributed by atoms with Crippen LogP contribution in [0.3, 0.4) is 0 Å². The van der Waals surface area contributed by atoms with Gasteiger partial charge in [0.1, 0.15) is 0 Å². The number of hydrogen-bond donors (Lipinski definition) is 0. The number of nitro groups is 1. The maximum absolute atomic E-state index is 12.3. The average molecular weight is 308 g/mol. The van der Waals surface area contributed by atoms with Gasteiger partial charge in [-0.15, -0.1) is 0 Å². The second kappa shape index (κ2) is 6.42. The minimum atomic E-state index is -1.03. The van der Waals surface area contributed by atoms with E-state index in [1.165, 1.54) is 23.1 Å². The summed E-state index contributed by atoms with van der Waals surface area (Å²) < 4.78 is 10.3. The molecule has 0 saturated carbocycles. The highest BCUT2D eigenvalue weighted by Crippen LogP contribution is 2.37. The van der Waals surface area contributed by atoms with Gasteiger partial charge in [0.25, 0.3) is 11.6 Å². The zero-order valence-electron chi connectivity index (χ0n) is 12.3. The Hall–Kier alpha value is -2.64. The van der Waals surface area contributed by atoms with Crippen molar-refractivity contribution in [3.8, 4) is 5.75 Å². The molecule has 1 aliphatic heterocycles. The Morgan fingerprint density at radius 2 is 2.18 bits per heavy atom. The van der Waals surface area contributed by atoms with E-state index in [1.807, 2.05) is 0 Å². The molecule has 1 aromatic rings. The summed E-state index contributed by atoms with van der Waals surface area (Å²) in [5.74, 6) is -0.701. The number of fused-ring (bicyclic) bond motifs is 1. The van der Waals surface area contributed by atoms with Crippen molar-refractivity contribution in [3.05, 3.63) is 28.3 Å². The van der Waals surface area contributed by atoms with Gasteiger partial charge in [-0.3, -0.25) is 19.7 Å². The minimum Gasteiger partial charge on any atom is -0.477 e. The van der Waals surface area contributed by atoms with E-state index in [1.54, 1.807) is 13.8 Å². The second-order valence-corrected chi connectivity index (χ2v) is 4.61. The molecule has 118 valence electrons. The maximum atomic E-state index is 12.3. The van der Waals surface area contributed by atoms with Crippen molar-refractivity contribution in [2.75, 3.05) is 18.1 Å². The number of esters is 1. The summed E-state index contributed by atoms with van der Waals surface area (Å²) in [6.45, 7) is 4.01. The standard InChI is InChI=1S/C14H16N2O6/c1-3-15-10-6-5-9(16(19)20)7-11(10)22-12(14(15)18)8-13(17)21-4-2/h5-7,12H,3-4,8H2,1-2H3. The SMILES string of the molecule is CCOC(=O)CC1Oc2cc([N+](=O)[O-])ccc2N(CC)C1=O. The quantitative estimate of drug-likeness (QED) is 0.466. The normalized spacial score (nSPS) is 16.7. The number of nitro benzene ring substituents is 1. The lowest BCUT2D eigenvalue weighted by Crippen LogP contribution is -2.46. The van der Waals surface area contributed by atoms with Crippen LogP contribution in [0.15, 0.2) is 18.2 Å². The number of likely N-dealkylation sites (N-methyl/N-ethyl adjacent to an activating group) is 1. The Bertz CT molecular complexity index is 615. The number of carbonyl (C=O) groups excluding carboxylic acids is 2. The van der Waals surface area contributed by atoms with Gasteiger partial charge in [0, 0.05) is 12.6 Å². The van der Waals surface area contributed by atoms with Crippen molar-refractivity contribution in [2.24, 2.45) is 0 Å². The smallest absolute Gasteiger partial charge is 0.310 e. The molecule has 1 unspecified atom stereocenters. The van der Waals surface area contributed by atoms with Crippen LogP contribution in [0.1, 0.15) is 20.3 Å². The zero-order valence-corrected chi connectivity index (χ0v) is 12.3. The Morgan fingerprint density at radius 3 is 2.77 bits per heavy atom. The van der Waals surface area contributed by atoms with Crippen LogP contribution in [0.5, 0.6) is 5.75 Å². The molecule has 1 aliphatic rings. The van der Waals surface area contributed by atoms with Crippen molar-refractivity contribution in [1.82, 2.24) is 0 Å². The van der Waals surface area contributed by atoms with Crippen molar-refractivity contribution < 1.29 is 24.0 Å². The van der Waals surface area contributed by atoms with Crippen LogP contribution in [0.2, 0.25) is 0 Å². The summed E-state index contributed by atoms with van der Waals surface area (Å²) >= 11 is 0. The monoisotopic (exact) mass is 308 g/mol. The summed E-state index contributed by atoms with van der Waals surface area (Å²) in [4.78, 5) is 35.6. The van der Waals surface area contributed by atoms with E-state index in [4.69, 9.17) is 9.47 Å². The summed E-state index contributed by atoms with van der Waals surface area (Å²) in [6, 6.07) is 4.03. The molecule has 22 heavy (non-hydrogen) atoms. The molecular formula is C14H16N2O6. The van der Waals surface area contributed by atoms with E-state index < -0.39 is 17.0 Å². The number of anilines is 1. The van der Waals surface area contributed by atoms with E-state index in [-0.39, 0.29) is 30.4 Å². The Labute approximate surface area is 126 Å². The highest BCUT2D eigenvalue weighted by molar-refractivity contribution is 6.01. The minimum absolute atomic E-state index is 0.140. The third kappa shape index (κ3) is 3.00. The van der Waals surface area contributed by atoms with Crippen LogP contribution in [-0.2, 0) is 14.3 Å². The highest BCUT2D eigenvalue weighted by atomic mass is 16.6. The predicted molar refractivity (Wildman–Crippen MR) is 76.8 cm³/mol. The lowest BCUT2D eigenvalue weighted by molar-refractivity contribution is -0.384. The second-order valence-electron chi connectivity index (χ2n) is 4.61. The molecule has 0 saturated heterocycles. The van der Waals surface area contributed by atoms with Gasteiger partial charge in [-0.2, -0.15) is 0 Å². The molecular weight excluding hydrogens is 292 g/mol. The van der Waals surface area contributed by atoms with Gasteiger partial charge in [0.05, 0.1) is 29.7 Å². The molecule has 1 atom stereocenters. The van der Waals surface area contributed by atoms with E-state index in [0.717, 1.165) is 0 Å². The van der Waals surface area contributed by atoms with Crippen LogP contribution >= 0.6 is 0 Å². The fraction of sp³-hybridized carbons (Fsp3) is 0.429. The van der Waals surface area contributed by atoms with Gasteiger partial charge in [-0.05, 0) is 19.9 Å². The number of hydrogen-bond acceptors (Lipinski definition) is 6. The number of nitrogens with zero attached hydrogens (tertiary/aromatic N) is 2. The molecule has 0 fully saturated rings. The Kier molecular flexibility index (Phi) is 4.59. The van der Waals surface area contributed by atoms with Gasteiger partial charge in [0.2, 0.25) is 0 Å². The van der Waals surface area contributed by atoms with Gasteiger partial charge in [0.15, 0.2) is 11.9 Å². The van der Waals surface area contributed by atoms with Crippen LogP contribution in [0, 0.1) is 10.1 Å². The molecule has 1 heterocycles. The molecule has 8 nitrogen and oxygen atoms in total. The van der Waals surface area contributed by atoms with E-state index in [2.05, 4.69) is 0 Å². The molecule has 1 amide bonds. The van der Waals surface area contributed by atoms with Crippen molar-refractivity contribution in [3.63, 3.8) is 0 Å². The fourth-order valence-electron chi connectivity index (χ4n) is 2.26. The van der Waals surface area contributed by atoms with Crippen molar-refractivity contribution in [2.45, 2.75) is 26.4 Å². The number of rotatable bonds is 5. The molecule has 0 N–H and O–H groups in total. The third-order valence-electron chi connectivity index (χ3n) is 3.23. The summed E-state index contributed by atoms with van der Waals surface area (Å²) in [7, 11) is 0. The van der Waals surface area contributed by atoms with Crippen molar-refractivity contribution >= 4 is 23.3 Å². The zero-order chi connectivity index (χ0) is 16.3. The molecule has 0 bridgehead atoms. The predicted octanol–water partition coefficient (Wildman–Crippen LogP) is 1.66. The fourth-order valence-corrected chi connectivity index (χ4v) is 2.26. The largest absolute Gasteiger partial charge is 0.477 e. The van der Waals surface area contributed by atoms with E-state index >= 15 is 0 Å². The number of carbonyl (C=O) groups is 2. The summed E-state index contributed by atoms with van der Waals surface area (Å²) in [5, 5.41) is 10.8. The van der Waals surface area contributed by atoms with Gasteiger partial charge < -0.3 is 14.4 Å². The molecule has 0 spiro atoms. The lowest BCUT2D eigenvalue weighted by atomic mass is 10.1. The first-order chi connectivity index (χ1) is 10.5. The maximum Gasteiger partial charge on any atom is 0.310 e. The number of amides is 1. The molecule has 0 aromatic heterocycles. The van der Waals surface area contributed by atoms with Crippen LogP contribution in [0.25, 0.3) is 0 Å². The van der Waals surface area contributed by atoms with Gasteiger partial charge >= 0.3 is 5.97 Å². The first-order valence-corrected chi connectivity index (χ1v) is 6.90. The molecule has 0 radical (unpaired) electrons. The number of ether oxygens (including phenoxy) is 2. The Morgan fingerprint density at radius 1 is 1.45 bits per heavy atom. The van der Waals surface area contributed by atoms with Gasteiger partial charge in [-0.1, -0.05) is 0 Å². The first kappa shape index (κ1) is 15.7. The molecule has 8 heteroatoms. The van der Waals surface area contributed by atoms with Crippen molar-refractivity contribution in [1.29, 1.82) is 0 Å². The average Bonchev–Trinajstić information content (AvgIpc) is 2.48. The third-order valence-corrected chi connectivity index (χ3v) is 3.23. The number of benzene rings is 1. The van der Waals surface area contributed by atoms with Gasteiger partial charge in [-0.25, -0.2) is 0 Å². The van der Waals surface area contributed by atoms with Crippen LogP contribution in [-0.4, -0.2) is 36.1 Å². The Balaban J connectivity index is 2.32. The lowest BCUT2D eigenvalue weighted by Gasteiger charge is -2.33. The molecule has 2 rings (SSSR count). The highest BCUT2D eigenvalue weighted by Gasteiger charge is 2.36. The molecule has 0 aliphatic carbocycles. The van der Waals surface area contributed by atoms with Crippen LogP contribution in [0.4, 0.5) is 11.4 Å². The van der Waals surface area contributed by atoms with Crippen LogP contribution < -0.4 is 9.64 Å². The summed E-state index contributed by atoms with van der Waals surface area (Å²) in [5.41, 5.74) is 0.317. The summed E-state index contributed by atoms with van der Waals surface area (Å²) in [6.07, 6.45) is -1.26. The molecule has 1 aromatic carbocycles. The van der Waals surface area contributed by atoms with E-state index in [0.29, 0.717) is 12.2 Å². The van der Waals surface area contributed by atoms with E-state index in [9.17, 15) is 19.7 Å². The first-order valence-electron chi connectivity index (χ1n) is 6.90. The number of non-ortho nitro benzene ring substituents is 1.